The number of amides is 4. The Labute approximate surface area is 200 Å². The van der Waals surface area contributed by atoms with Gasteiger partial charge in [0, 0.05) is 36.2 Å². The molecule has 2 unspecified atom stereocenters. The van der Waals surface area contributed by atoms with E-state index < -0.39 is 34.9 Å². The molecule has 1 heterocycles. The van der Waals surface area contributed by atoms with Crippen LogP contribution in [0.3, 0.4) is 0 Å². The number of anilines is 2. The number of carbonyl (C=O) groups is 3. The van der Waals surface area contributed by atoms with Crippen LogP contribution in [0.1, 0.15) is 12.8 Å². The Bertz CT molecular complexity index is 1190. The zero-order chi connectivity index (χ0) is 25.0. The van der Waals surface area contributed by atoms with Crippen LogP contribution in [0.2, 0.25) is 0 Å². The third-order valence-electron chi connectivity index (χ3n) is 5.93. The highest BCUT2D eigenvalue weighted by molar-refractivity contribution is 6.16. The molecule has 0 spiro atoms. The third kappa shape index (κ3) is 5.32. The summed E-state index contributed by atoms with van der Waals surface area (Å²) in [7, 11) is 1.52. The van der Waals surface area contributed by atoms with Crippen LogP contribution < -0.4 is 26.6 Å². The van der Waals surface area contributed by atoms with Crippen LogP contribution in [0.4, 0.5) is 25.0 Å². The normalized spacial score (nSPS) is 20.8. The zero-order valence-electron chi connectivity index (χ0n) is 19.0. The largest absolute Gasteiger partial charge is 0.371 e. The number of carbonyl (C=O) groups excluding carboxylic acids is 3. The molecule has 10 heteroatoms. The van der Waals surface area contributed by atoms with Gasteiger partial charge in [0.15, 0.2) is 0 Å². The van der Waals surface area contributed by atoms with Crippen molar-refractivity contribution < 1.29 is 23.2 Å². The maximum absolute atomic E-state index is 13.6. The molecule has 182 valence electrons. The molecule has 2 atom stereocenters. The van der Waals surface area contributed by atoms with Crippen LogP contribution in [0, 0.1) is 17.6 Å². The molecule has 0 bridgehead atoms. The fourth-order valence-corrected chi connectivity index (χ4v) is 4.19. The maximum Gasteiger partial charge on any atom is 0.314 e. The Morgan fingerprint density at radius 2 is 1.63 bits per heavy atom. The topological polar surface area (TPSA) is 111 Å². The molecule has 5 N–H and O–H groups in total. The van der Waals surface area contributed by atoms with Crippen LogP contribution in [-0.2, 0) is 9.59 Å². The molecule has 0 saturated carbocycles. The summed E-state index contributed by atoms with van der Waals surface area (Å²) in [5, 5.41) is 14.2. The number of hydrogen-bond acceptors (Lipinski definition) is 5. The van der Waals surface area contributed by atoms with Gasteiger partial charge in [-0.2, -0.15) is 0 Å². The molecule has 2 aromatic carbocycles. The number of rotatable bonds is 8. The highest BCUT2D eigenvalue weighted by Crippen LogP contribution is 2.39. The number of benzene rings is 2. The van der Waals surface area contributed by atoms with Gasteiger partial charge in [-0.25, -0.2) is 13.6 Å². The molecule has 1 fully saturated rings. The average Bonchev–Trinajstić information content (AvgIpc) is 3.11. The fourth-order valence-electron chi connectivity index (χ4n) is 4.19. The second kappa shape index (κ2) is 9.96. The summed E-state index contributed by atoms with van der Waals surface area (Å²) >= 11 is 0. The van der Waals surface area contributed by atoms with Crippen molar-refractivity contribution in [3.63, 3.8) is 0 Å². The molecule has 0 radical (unpaired) electrons. The lowest BCUT2D eigenvalue weighted by atomic mass is 9.78. The van der Waals surface area contributed by atoms with Crippen LogP contribution in [0.25, 0.3) is 0 Å². The van der Waals surface area contributed by atoms with E-state index in [0.29, 0.717) is 42.0 Å². The van der Waals surface area contributed by atoms with E-state index in [4.69, 9.17) is 0 Å². The first kappa shape index (κ1) is 23.9. The van der Waals surface area contributed by atoms with E-state index >= 15 is 0 Å². The van der Waals surface area contributed by atoms with Crippen LogP contribution in [0.15, 0.2) is 72.0 Å². The van der Waals surface area contributed by atoms with Gasteiger partial charge in [0.1, 0.15) is 11.6 Å². The average molecular weight is 482 g/mol. The van der Waals surface area contributed by atoms with Gasteiger partial charge in [-0.1, -0.05) is 0 Å². The molecular formula is C25H25F2N5O3. The van der Waals surface area contributed by atoms with Crippen molar-refractivity contribution in [3.05, 3.63) is 83.6 Å². The van der Waals surface area contributed by atoms with Crippen LogP contribution in [0.5, 0.6) is 0 Å². The molecule has 1 aliphatic heterocycles. The highest BCUT2D eigenvalue weighted by atomic mass is 19.1. The minimum absolute atomic E-state index is 0.300. The Kier molecular flexibility index (Phi) is 6.81. The minimum atomic E-state index is -1.02. The van der Waals surface area contributed by atoms with E-state index in [0.717, 1.165) is 0 Å². The fraction of sp³-hybridized carbons (Fsp3) is 0.240. The van der Waals surface area contributed by atoms with Crippen molar-refractivity contribution in [3.8, 4) is 0 Å². The van der Waals surface area contributed by atoms with Crippen LogP contribution in [-0.4, -0.2) is 37.0 Å². The van der Waals surface area contributed by atoms with Gasteiger partial charge in [0.05, 0.1) is 11.5 Å². The van der Waals surface area contributed by atoms with E-state index in [2.05, 4.69) is 26.6 Å². The first-order valence-electron chi connectivity index (χ1n) is 11.1. The first-order chi connectivity index (χ1) is 16.8. The predicted octanol–water partition coefficient (Wildman–Crippen LogP) is 3.03. The lowest BCUT2D eigenvalue weighted by molar-refractivity contribution is -0.125. The second-order valence-corrected chi connectivity index (χ2v) is 8.32. The quantitative estimate of drug-likeness (QED) is 0.294. The highest BCUT2D eigenvalue weighted by Gasteiger charge is 2.45. The zero-order valence-corrected chi connectivity index (χ0v) is 19.0. The number of imide groups is 1. The van der Waals surface area contributed by atoms with E-state index in [9.17, 15) is 23.2 Å². The standard InChI is InChI=1S/C25H25F2N5O3/c1-28-24(35)29-12-2-11-25(32-18-9-5-16(27)6-10-18)14-20-19(22(33)31-23(20)34)13-21(25)30-17-7-3-15(26)4-8-17/h3-10,13-14,19,30,32H,2,11-12H2,1H3,(H2,28,29,35)(H,31,33,34). The Balaban J connectivity index is 1.73. The van der Waals surface area contributed by atoms with Crippen molar-refractivity contribution in [1.82, 2.24) is 16.0 Å². The Morgan fingerprint density at radius 3 is 2.26 bits per heavy atom. The van der Waals surface area contributed by atoms with Crippen molar-refractivity contribution in [2.45, 2.75) is 18.4 Å². The SMILES string of the molecule is CNC(=O)NCCCC1(Nc2ccc(F)cc2)C=C2C(=O)NC(=O)C2C=C1Nc1ccc(F)cc1. The van der Waals surface area contributed by atoms with Crippen molar-refractivity contribution in [1.29, 1.82) is 0 Å². The Morgan fingerprint density at radius 1 is 1.00 bits per heavy atom. The molecular weight excluding hydrogens is 456 g/mol. The van der Waals surface area contributed by atoms with E-state index in [-0.39, 0.29) is 6.03 Å². The lowest BCUT2D eigenvalue weighted by Crippen LogP contribution is -2.45. The molecule has 4 rings (SSSR count). The smallest absolute Gasteiger partial charge is 0.314 e. The first-order valence-corrected chi connectivity index (χ1v) is 11.1. The van der Waals surface area contributed by atoms with Gasteiger partial charge in [-0.15, -0.1) is 0 Å². The molecule has 4 amide bonds. The van der Waals surface area contributed by atoms with E-state index in [1.165, 1.54) is 31.3 Å². The molecule has 1 saturated heterocycles. The van der Waals surface area contributed by atoms with Crippen LogP contribution >= 0.6 is 0 Å². The molecule has 8 nitrogen and oxygen atoms in total. The monoisotopic (exact) mass is 481 g/mol. The van der Waals surface area contributed by atoms with Crippen molar-refractivity contribution in [2.24, 2.45) is 5.92 Å². The molecule has 2 aliphatic rings. The summed E-state index contributed by atoms with van der Waals surface area (Å²) in [4.78, 5) is 36.6. The summed E-state index contributed by atoms with van der Waals surface area (Å²) in [5.41, 5.74) is 0.996. The van der Waals surface area contributed by atoms with Gasteiger partial charge in [-0.3, -0.25) is 14.9 Å². The van der Waals surface area contributed by atoms with Gasteiger partial charge in [-0.05, 0) is 73.5 Å². The summed E-state index contributed by atoms with van der Waals surface area (Å²) in [6.07, 6.45) is 4.26. The van der Waals surface area contributed by atoms with Gasteiger partial charge in [0.25, 0.3) is 5.91 Å². The van der Waals surface area contributed by atoms with Gasteiger partial charge in [0.2, 0.25) is 5.91 Å². The minimum Gasteiger partial charge on any atom is -0.371 e. The summed E-state index contributed by atoms with van der Waals surface area (Å²) < 4.78 is 27.0. The number of hydrogen-bond donors (Lipinski definition) is 5. The molecule has 35 heavy (non-hydrogen) atoms. The summed E-state index contributed by atoms with van der Waals surface area (Å²) in [5.74, 6) is -2.49. The lowest BCUT2D eigenvalue weighted by Gasteiger charge is -2.39. The van der Waals surface area contributed by atoms with Gasteiger partial charge >= 0.3 is 6.03 Å². The van der Waals surface area contributed by atoms with Crippen molar-refractivity contribution >= 4 is 29.2 Å². The van der Waals surface area contributed by atoms with Crippen molar-refractivity contribution in [2.75, 3.05) is 24.2 Å². The number of urea groups is 1. The summed E-state index contributed by atoms with van der Waals surface area (Å²) in [6.45, 7) is 0.341. The number of nitrogens with one attached hydrogen (secondary N) is 5. The molecule has 1 aliphatic carbocycles. The number of halogens is 2. The Hall–Kier alpha value is -4.21. The number of fused-ring (bicyclic) bond motifs is 1. The van der Waals surface area contributed by atoms with E-state index in [1.54, 1.807) is 36.4 Å². The van der Waals surface area contributed by atoms with E-state index in [1.807, 2.05) is 0 Å². The molecule has 2 aromatic rings. The third-order valence-corrected chi connectivity index (χ3v) is 5.93. The van der Waals surface area contributed by atoms with Gasteiger partial charge < -0.3 is 21.3 Å². The molecule has 0 aromatic heterocycles. The summed E-state index contributed by atoms with van der Waals surface area (Å²) in [6, 6.07) is 11.2. The predicted molar refractivity (Wildman–Crippen MR) is 127 cm³/mol. The maximum atomic E-state index is 13.6. The second-order valence-electron chi connectivity index (χ2n) is 8.32.